The van der Waals surface area contributed by atoms with Crippen LogP contribution in [-0.2, 0) is 0 Å². The molecular weight excluding hydrogens is 156 g/mol. The summed E-state index contributed by atoms with van der Waals surface area (Å²) >= 11 is 0. The second-order valence-electron chi connectivity index (χ2n) is 3.95. The molecule has 0 heterocycles. The molecule has 0 radical (unpaired) electrons. The van der Waals surface area contributed by atoms with Gasteiger partial charge in [-0.1, -0.05) is 56.2 Å². The summed E-state index contributed by atoms with van der Waals surface area (Å²) in [6, 6.07) is 0. The van der Waals surface area contributed by atoms with E-state index in [1.165, 1.54) is 19.3 Å². The predicted molar refractivity (Wildman–Crippen MR) is 59.7 cm³/mol. The van der Waals surface area contributed by atoms with E-state index >= 15 is 0 Å². The topological polar surface area (TPSA) is 0 Å². The van der Waals surface area contributed by atoms with E-state index in [0.717, 1.165) is 6.42 Å². The lowest BCUT2D eigenvalue weighted by molar-refractivity contribution is 0.693. The second kappa shape index (κ2) is 5.06. The number of hydrogen-bond donors (Lipinski definition) is 0. The summed E-state index contributed by atoms with van der Waals surface area (Å²) in [5.41, 5.74) is 0.186. The van der Waals surface area contributed by atoms with E-state index in [2.05, 4.69) is 50.3 Å². The number of rotatable bonds is 4. The molecule has 1 aliphatic carbocycles. The minimum atomic E-state index is 0.186. The molecule has 0 N–H and O–H groups in total. The Morgan fingerprint density at radius 3 is 2.62 bits per heavy atom. The fourth-order valence-electron chi connectivity index (χ4n) is 1.55. The third kappa shape index (κ3) is 3.63. The van der Waals surface area contributed by atoms with E-state index in [4.69, 9.17) is 0 Å². The molecule has 0 amide bonds. The van der Waals surface area contributed by atoms with Gasteiger partial charge in [-0.25, -0.2) is 0 Å². The van der Waals surface area contributed by atoms with Crippen LogP contribution in [0.2, 0.25) is 0 Å². The Balaban J connectivity index is 2.41. The molecule has 0 bridgehead atoms. The lowest BCUT2D eigenvalue weighted by Crippen LogP contribution is -2.06. The van der Waals surface area contributed by atoms with E-state index in [1.807, 2.05) is 0 Å². The molecule has 0 saturated carbocycles. The van der Waals surface area contributed by atoms with Crippen LogP contribution in [0.25, 0.3) is 0 Å². The van der Waals surface area contributed by atoms with Crippen LogP contribution in [0, 0.1) is 5.41 Å². The van der Waals surface area contributed by atoms with Crippen LogP contribution in [0.1, 0.15) is 39.5 Å². The molecule has 0 atom stereocenters. The zero-order valence-electron chi connectivity index (χ0n) is 8.79. The van der Waals surface area contributed by atoms with Crippen LogP contribution < -0.4 is 0 Å². The van der Waals surface area contributed by atoms with Crippen molar-refractivity contribution in [1.29, 1.82) is 0 Å². The molecule has 0 aromatic carbocycles. The minimum absolute atomic E-state index is 0.186. The monoisotopic (exact) mass is 176 g/mol. The summed E-state index contributed by atoms with van der Waals surface area (Å²) in [5.74, 6) is 0. The molecule has 0 aromatic rings. The molecule has 0 nitrogen and oxygen atoms in total. The highest BCUT2D eigenvalue weighted by atomic mass is 14.2. The smallest absolute Gasteiger partial charge is 0.0213 e. The molecule has 1 aliphatic rings. The fraction of sp³-hybridized carbons (Fsp3) is 0.538. The van der Waals surface area contributed by atoms with Crippen molar-refractivity contribution >= 4 is 0 Å². The minimum Gasteiger partial charge on any atom is -0.0874 e. The molecule has 0 saturated heterocycles. The first-order chi connectivity index (χ1) is 6.27. The van der Waals surface area contributed by atoms with Gasteiger partial charge in [0.15, 0.2) is 0 Å². The van der Waals surface area contributed by atoms with Crippen molar-refractivity contribution < 1.29 is 0 Å². The van der Waals surface area contributed by atoms with E-state index < -0.39 is 0 Å². The van der Waals surface area contributed by atoms with Crippen LogP contribution in [0.15, 0.2) is 36.5 Å². The molecule has 0 spiro atoms. The van der Waals surface area contributed by atoms with Gasteiger partial charge in [-0.15, -0.1) is 0 Å². The standard InChI is InChI=1S/C13H20/c1-3-4-5-7-10-13(2)11-8-6-9-12-13/h7-12H,3-6H2,1-2H3/b10-7-. The molecule has 0 heteroatoms. The summed E-state index contributed by atoms with van der Waals surface area (Å²) < 4.78 is 0. The maximum absolute atomic E-state index is 2.31. The van der Waals surface area contributed by atoms with E-state index in [1.54, 1.807) is 0 Å². The van der Waals surface area contributed by atoms with Crippen molar-refractivity contribution in [2.75, 3.05) is 0 Å². The van der Waals surface area contributed by atoms with Gasteiger partial charge >= 0.3 is 0 Å². The lowest BCUT2D eigenvalue weighted by atomic mass is 9.86. The predicted octanol–water partition coefficient (Wildman–Crippen LogP) is 4.26. The summed E-state index contributed by atoms with van der Waals surface area (Å²) in [6.45, 7) is 4.48. The molecule has 0 unspecified atom stereocenters. The molecule has 13 heavy (non-hydrogen) atoms. The highest BCUT2D eigenvalue weighted by Gasteiger charge is 2.13. The first-order valence-electron chi connectivity index (χ1n) is 5.30. The van der Waals surface area contributed by atoms with Gasteiger partial charge in [-0.2, -0.15) is 0 Å². The van der Waals surface area contributed by atoms with Crippen LogP contribution in [0.4, 0.5) is 0 Å². The van der Waals surface area contributed by atoms with Gasteiger partial charge in [-0.3, -0.25) is 0 Å². The zero-order chi connectivity index (χ0) is 9.57. The summed E-state index contributed by atoms with van der Waals surface area (Å²) in [4.78, 5) is 0. The number of hydrogen-bond acceptors (Lipinski definition) is 0. The third-order valence-corrected chi connectivity index (χ3v) is 2.43. The Hall–Kier alpha value is -0.780. The summed E-state index contributed by atoms with van der Waals surface area (Å²) in [6.07, 6.45) is 18.6. The molecule has 0 aromatic heterocycles. The van der Waals surface area contributed by atoms with Gasteiger partial charge in [-0.05, 0) is 19.8 Å². The van der Waals surface area contributed by atoms with Gasteiger partial charge in [0.05, 0.1) is 0 Å². The Bertz CT molecular complexity index is 206. The Kier molecular flexibility index (Phi) is 4.01. The summed E-state index contributed by atoms with van der Waals surface area (Å²) in [5, 5.41) is 0. The van der Waals surface area contributed by atoms with Gasteiger partial charge in [0, 0.05) is 5.41 Å². The van der Waals surface area contributed by atoms with Crippen molar-refractivity contribution in [3.8, 4) is 0 Å². The highest BCUT2D eigenvalue weighted by Crippen LogP contribution is 2.26. The average molecular weight is 176 g/mol. The Morgan fingerprint density at radius 1 is 1.31 bits per heavy atom. The van der Waals surface area contributed by atoms with Crippen LogP contribution >= 0.6 is 0 Å². The number of allylic oxidation sites excluding steroid dienone is 6. The van der Waals surface area contributed by atoms with Crippen LogP contribution in [0.5, 0.6) is 0 Å². The number of unbranched alkanes of at least 4 members (excludes halogenated alkanes) is 2. The molecular formula is C13H20. The normalized spacial score (nSPS) is 19.8. The van der Waals surface area contributed by atoms with Crippen molar-refractivity contribution in [1.82, 2.24) is 0 Å². The fourth-order valence-corrected chi connectivity index (χ4v) is 1.55. The van der Waals surface area contributed by atoms with Crippen molar-refractivity contribution in [2.24, 2.45) is 5.41 Å². The van der Waals surface area contributed by atoms with Gasteiger partial charge in [0.1, 0.15) is 0 Å². The van der Waals surface area contributed by atoms with Gasteiger partial charge in [0.2, 0.25) is 0 Å². The third-order valence-electron chi connectivity index (χ3n) is 2.43. The molecule has 0 fully saturated rings. The summed E-state index contributed by atoms with van der Waals surface area (Å²) in [7, 11) is 0. The van der Waals surface area contributed by atoms with Crippen LogP contribution in [-0.4, -0.2) is 0 Å². The zero-order valence-corrected chi connectivity index (χ0v) is 8.79. The molecule has 72 valence electrons. The first kappa shape index (κ1) is 10.3. The van der Waals surface area contributed by atoms with Gasteiger partial charge < -0.3 is 0 Å². The van der Waals surface area contributed by atoms with Crippen LogP contribution in [0.3, 0.4) is 0 Å². The largest absolute Gasteiger partial charge is 0.0874 e. The first-order valence-corrected chi connectivity index (χ1v) is 5.30. The van der Waals surface area contributed by atoms with Crippen molar-refractivity contribution in [2.45, 2.75) is 39.5 Å². The highest BCUT2D eigenvalue weighted by molar-refractivity contribution is 5.23. The second-order valence-corrected chi connectivity index (χ2v) is 3.95. The SMILES string of the molecule is CCCC/C=C\C1(C)C=CCC=C1. The van der Waals surface area contributed by atoms with E-state index in [-0.39, 0.29) is 5.41 Å². The lowest BCUT2D eigenvalue weighted by Gasteiger charge is -2.19. The average Bonchev–Trinajstić information content (AvgIpc) is 2.14. The van der Waals surface area contributed by atoms with Crippen molar-refractivity contribution in [3.05, 3.63) is 36.5 Å². The Labute approximate surface area is 82.0 Å². The molecule has 0 aliphatic heterocycles. The van der Waals surface area contributed by atoms with E-state index in [0.29, 0.717) is 0 Å². The Morgan fingerprint density at radius 2 is 2.00 bits per heavy atom. The van der Waals surface area contributed by atoms with E-state index in [9.17, 15) is 0 Å². The maximum Gasteiger partial charge on any atom is 0.0213 e. The van der Waals surface area contributed by atoms with Gasteiger partial charge in [0.25, 0.3) is 0 Å². The molecule has 1 rings (SSSR count). The van der Waals surface area contributed by atoms with Crippen molar-refractivity contribution in [3.63, 3.8) is 0 Å². The quantitative estimate of drug-likeness (QED) is 0.443. The maximum atomic E-state index is 2.31.